The fraction of sp³-hybridized carbons (Fsp3) is 0.444. The summed E-state index contributed by atoms with van der Waals surface area (Å²) in [6.07, 6.45) is 1.52. The van der Waals surface area contributed by atoms with Crippen molar-refractivity contribution in [3.8, 4) is 0 Å². The Hall–Kier alpha value is -1.40. The highest BCUT2D eigenvalue weighted by molar-refractivity contribution is 6.35. The molecule has 0 bridgehead atoms. The molecule has 0 aliphatic carbocycles. The highest BCUT2D eigenvalue weighted by atomic mass is 35.5. The van der Waals surface area contributed by atoms with Crippen LogP contribution in [0.2, 0.25) is 5.15 Å². The van der Waals surface area contributed by atoms with Gasteiger partial charge >= 0.3 is 0 Å². The molecule has 1 aliphatic heterocycles. The molecule has 1 saturated heterocycles. The predicted octanol–water partition coefficient (Wildman–Crippen LogP) is 0.416. The Labute approximate surface area is 97.0 Å². The number of H-pyrrole nitrogens is 1. The number of halogens is 1. The lowest BCUT2D eigenvalue weighted by atomic mass is 10.3. The third-order valence-corrected chi connectivity index (χ3v) is 2.98. The lowest BCUT2D eigenvalue weighted by Gasteiger charge is -2.28. The Morgan fingerprint density at radius 3 is 2.88 bits per heavy atom. The van der Waals surface area contributed by atoms with Crippen molar-refractivity contribution in [2.45, 2.75) is 0 Å². The van der Waals surface area contributed by atoms with Crippen molar-refractivity contribution in [2.24, 2.45) is 0 Å². The van der Waals surface area contributed by atoms with Crippen LogP contribution in [0.5, 0.6) is 0 Å². The predicted molar refractivity (Wildman–Crippen MR) is 61.8 cm³/mol. The highest BCUT2D eigenvalue weighted by Gasteiger charge is 2.18. The van der Waals surface area contributed by atoms with Gasteiger partial charge in [0.1, 0.15) is 22.7 Å². The minimum Gasteiger partial charge on any atom is -0.353 e. The molecule has 2 aromatic heterocycles. The van der Waals surface area contributed by atoms with E-state index in [1.807, 2.05) is 0 Å². The first-order valence-electron chi connectivity index (χ1n) is 5.16. The van der Waals surface area contributed by atoms with Crippen molar-refractivity contribution < 1.29 is 0 Å². The summed E-state index contributed by atoms with van der Waals surface area (Å²) < 4.78 is 0. The first-order valence-corrected chi connectivity index (χ1v) is 5.54. The molecule has 0 atom stereocenters. The van der Waals surface area contributed by atoms with Crippen LogP contribution in [0.4, 0.5) is 5.82 Å². The SMILES string of the molecule is Clc1[nH]nc2ncnc(N3CCNCC3)c12. The standard InChI is InChI=1S/C9H11ClN6/c10-7-6-8(15-14-7)12-5-13-9(6)16-3-1-11-2-4-16/h5,11H,1-4H2,(H,12,13,14,15). The van der Waals surface area contributed by atoms with Crippen molar-refractivity contribution in [3.63, 3.8) is 0 Å². The maximum absolute atomic E-state index is 6.06. The number of rotatable bonds is 1. The van der Waals surface area contributed by atoms with Crippen LogP contribution in [-0.4, -0.2) is 46.3 Å². The second-order valence-electron chi connectivity index (χ2n) is 3.67. The fourth-order valence-corrected chi connectivity index (χ4v) is 2.13. The van der Waals surface area contributed by atoms with Crippen LogP contribution >= 0.6 is 11.6 Å². The van der Waals surface area contributed by atoms with E-state index in [0.29, 0.717) is 10.8 Å². The summed E-state index contributed by atoms with van der Waals surface area (Å²) in [5, 5.41) is 11.4. The van der Waals surface area contributed by atoms with E-state index in [2.05, 4.69) is 30.4 Å². The van der Waals surface area contributed by atoms with Gasteiger partial charge in [0, 0.05) is 26.2 Å². The minimum absolute atomic E-state index is 0.504. The van der Waals surface area contributed by atoms with Crippen LogP contribution in [0.25, 0.3) is 11.0 Å². The number of hydrogen-bond acceptors (Lipinski definition) is 5. The van der Waals surface area contributed by atoms with Gasteiger partial charge in [-0.3, -0.25) is 5.10 Å². The molecule has 1 aliphatic rings. The Bertz CT molecular complexity index is 504. The zero-order valence-corrected chi connectivity index (χ0v) is 9.33. The third kappa shape index (κ3) is 1.50. The van der Waals surface area contributed by atoms with Crippen LogP contribution in [0.1, 0.15) is 0 Å². The smallest absolute Gasteiger partial charge is 0.187 e. The Kier molecular flexibility index (Phi) is 2.37. The van der Waals surface area contributed by atoms with E-state index in [0.717, 1.165) is 37.4 Å². The zero-order chi connectivity index (χ0) is 11.0. The second-order valence-corrected chi connectivity index (χ2v) is 4.05. The highest BCUT2D eigenvalue weighted by Crippen LogP contribution is 2.27. The van der Waals surface area contributed by atoms with E-state index in [9.17, 15) is 0 Å². The number of aromatic amines is 1. The summed E-state index contributed by atoms with van der Waals surface area (Å²) >= 11 is 6.06. The molecule has 3 heterocycles. The molecule has 0 radical (unpaired) electrons. The first kappa shape index (κ1) is 9.80. The lowest BCUT2D eigenvalue weighted by molar-refractivity contribution is 0.586. The van der Waals surface area contributed by atoms with Gasteiger partial charge < -0.3 is 10.2 Å². The molecule has 16 heavy (non-hydrogen) atoms. The summed E-state index contributed by atoms with van der Waals surface area (Å²) in [6, 6.07) is 0. The van der Waals surface area contributed by atoms with Gasteiger partial charge in [-0.2, -0.15) is 5.10 Å². The molecule has 2 N–H and O–H groups in total. The van der Waals surface area contributed by atoms with Crippen LogP contribution in [0.3, 0.4) is 0 Å². The largest absolute Gasteiger partial charge is 0.353 e. The number of fused-ring (bicyclic) bond motifs is 1. The molecular formula is C9H11ClN6. The van der Waals surface area contributed by atoms with Crippen LogP contribution in [-0.2, 0) is 0 Å². The monoisotopic (exact) mass is 238 g/mol. The first-order chi connectivity index (χ1) is 7.86. The molecule has 0 aromatic carbocycles. The number of hydrogen-bond donors (Lipinski definition) is 2. The van der Waals surface area contributed by atoms with Gasteiger partial charge in [0.2, 0.25) is 0 Å². The number of nitrogens with one attached hydrogen (secondary N) is 2. The molecule has 0 unspecified atom stereocenters. The van der Waals surface area contributed by atoms with Gasteiger partial charge in [0.25, 0.3) is 0 Å². The van der Waals surface area contributed by atoms with Gasteiger partial charge in [-0.15, -0.1) is 0 Å². The summed E-state index contributed by atoms with van der Waals surface area (Å²) in [5.74, 6) is 0.866. The van der Waals surface area contributed by atoms with Crippen molar-refractivity contribution in [2.75, 3.05) is 31.1 Å². The van der Waals surface area contributed by atoms with Gasteiger partial charge in [-0.25, -0.2) is 9.97 Å². The summed E-state index contributed by atoms with van der Waals surface area (Å²) in [4.78, 5) is 10.6. The lowest BCUT2D eigenvalue weighted by Crippen LogP contribution is -2.44. The normalized spacial score (nSPS) is 16.9. The number of anilines is 1. The molecule has 84 valence electrons. The van der Waals surface area contributed by atoms with E-state index < -0.39 is 0 Å². The second kappa shape index (κ2) is 3.88. The average molecular weight is 239 g/mol. The van der Waals surface area contributed by atoms with Crippen LogP contribution in [0.15, 0.2) is 6.33 Å². The van der Waals surface area contributed by atoms with E-state index in [1.54, 1.807) is 0 Å². The zero-order valence-electron chi connectivity index (χ0n) is 8.57. The maximum Gasteiger partial charge on any atom is 0.187 e. The van der Waals surface area contributed by atoms with Gasteiger partial charge in [-0.05, 0) is 0 Å². The average Bonchev–Trinajstić information content (AvgIpc) is 2.73. The van der Waals surface area contributed by atoms with E-state index in [-0.39, 0.29) is 0 Å². The number of nitrogens with zero attached hydrogens (tertiary/aromatic N) is 4. The Morgan fingerprint density at radius 1 is 1.25 bits per heavy atom. The van der Waals surface area contributed by atoms with Crippen molar-refractivity contribution in [1.82, 2.24) is 25.5 Å². The van der Waals surface area contributed by atoms with Crippen LogP contribution < -0.4 is 10.2 Å². The molecule has 2 aromatic rings. The molecular weight excluding hydrogens is 228 g/mol. The minimum atomic E-state index is 0.504. The van der Waals surface area contributed by atoms with Crippen molar-refractivity contribution >= 4 is 28.5 Å². The van der Waals surface area contributed by atoms with E-state index in [4.69, 9.17) is 11.6 Å². The third-order valence-electron chi connectivity index (χ3n) is 2.70. The number of aromatic nitrogens is 4. The van der Waals surface area contributed by atoms with Gasteiger partial charge in [-0.1, -0.05) is 11.6 Å². The van der Waals surface area contributed by atoms with Crippen molar-refractivity contribution in [1.29, 1.82) is 0 Å². The summed E-state index contributed by atoms with van der Waals surface area (Å²) in [7, 11) is 0. The quantitative estimate of drug-likeness (QED) is 0.754. The Balaban J connectivity index is 2.10. The molecule has 0 spiro atoms. The van der Waals surface area contributed by atoms with Crippen molar-refractivity contribution in [3.05, 3.63) is 11.5 Å². The van der Waals surface area contributed by atoms with Gasteiger partial charge in [0.05, 0.1) is 0 Å². The molecule has 0 saturated carbocycles. The van der Waals surface area contributed by atoms with Crippen LogP contribution in [0, 0.1) is 0 Å². The van der Waals surface area contributed by atoms with Gasteiger partial charge in [0.15, 0.2) is 5.65 Å². The maximum atomic E-state index is 6.06. The fourth-order valence-electron chi connectivity index (χ4n) is 1.92. The topological polar surface area (TPSA) is 69.7 Å². The van der Waals surface area contributed by atoms with E-state index >= 15 is 0 Å². The molecule has 1 fully saturated rings. The van der Waals surface area contributed by atoms with E-state index in [1.165, 1.54) is 6.33 Å². The molecule has 6 nitrogen and oxygen atoms in total. The number of piperazine rings is 1. The summed E-state index contributed by atoms with van der Waals surface area (Å²) in [5.41, 5.74) is 0.619. The molecule has 0 amide bonds. The molecule has 3 rings (SSSR count). The molecule has 7 heteroatoms. The summed E-state index contributed by atoms with van der Waals surface area (Å²) in [6.45, 7) is 3.77. The Morgan fingerprint density at radius 2 is 2.06 bits per heavy atom.